The van der Waals surface area contributed by atoms with E-state index in [1.165, 1.54) is 4.90 Å². The van der Waals surface area contributed by atoms with E-state index in [4.69, 9.17) is 9.47 Å². The second kappa shape index (κ2) is 9.38. The zero-order chi connectivity index (χ0) is 23.0. The van der Waals surface area contributed by atoms with Crippen molar-refractivity contribution in [3.63, 3.8) is 0 Å². The second-order valence-electron chi connectivity index (χ2n) is 8.78. The van der Waals surface area contributed by atoms with Crippen molar-refractivity contribution in [1.82, 2.24) is 14.7 Å². The maximum atomic E-state index is 13.9. The van der Waals surface area contributed by atoms with Crippen LogP contribution in [0.25, 0.3) is 0 Å². The molecule has 4 saturated heterocycles. The quantitative estimate of drug-likeness (QED) is 0.301. The lowest BCUT2D eigenvalue weighted by molar-refractivity contribution is -0.151. The molecule has 2 amide bonds. The van der Waals surface area contributed by atoms with E-state index in [1.807, 2.05) is 0 Å². The Morgan fingerprint density at radius 3 is 2.66 bits per heavy atom. The summed E-state index contributed by atoms with van der Waals surface area (Å²) in [6, 6.07) is -0.980. The summed E-state index contributed by atoms with van der Waals surface area (Å²) >= 11 is 3.51. The number of alkyl halides is 1. The number of carbonyl (C=O) groups excluding carboxylic acids is 2. The summed E-state index contributed by atoms with van der Waals surface area (Å²) in [7, 11) is 0. The number of aliphatic hydroxyl groups excluding tert-OH is 1. The molecule has 0 aromatic carbocycles. The molecule has 4 aliphatic heterocycles. The van der Waals surface area contributed by atoms with E-state index < -0.39 is 41.5 Å². The average molecular weight is 516 g/mol. The number of aliphatic carboxylic acids is 1. The first-order chi connectivity index (χ1) is 15.4. The number of hydrogen-bond acceptors (Lipinski definition) is 7. The minimum Gasteiger partial charge on any atom is -0.481 e. The largest absolute Gasteiger partial charge is 0.481 e. The molecule has 0 saturated carbocycles. The minimum absolute atomic E-state index is 0.0494. The normalized spacial score (nSPS) is 36.4. The number of halogens is 1. The Hall–Kier alpha value is -1.53. The van der Waals surface area contributed by atoms with Crippen molar-refractivity contribution >= 4 is 33.7 Å². The van der Waals surface area contributed by atoms with Gasteiger partial charge in [-0.2, -0.15) is 0 Å². The van der Waals surface area contributed by atoms with Crippen LogP contribution in [0.3, 0.4) is 0 Å². The number of amides is 2. The van der Waals surface area contributed by atoms with Gasteiger partial charge in [-0.25, -0.2) is 0 Å². The topological polar surface area (TPSA) is 120 Å². The van der Waals surface area contributed by atoms with Crippen LogP contribution in [0.4, 0.5) is 0 Å². The second-order valence-corrected chi connectivity index (χ2v) is 9.96. The fourth-order valence-electron chi connectivity index (χ4n) is 5.75. The zero-order valence-electron chi connectivity index (χ0n) is 17.9. The van der Waals surface area contributed by atoms with E-state index in [9.17, 15) is 24.6 Å². The van der Waals surface area contributed by atoms with Gasteiger partial charge in [-0.15, -0.1) is 6.58 Å². The van der Waals surface area contributed by atoms with Gasteiger partial charge in [-0.3, -0.25) is 19.3 Å². The van der Waals surface area contributed by atoms with Crippen LogP contribution in [0.2, 0.25) is 0 Å². The van der Waals surface area contributed by atoms with Gasteiger partial charge in [0.25, 0.3) is 0 Å². The number of β-amino-alcohol motifs (C(OH)–C–C–N with tert-alkyl or cyclic N) is 1. The predicted octanol–water partition coefficient (Wildman–Crippen LogP) is -0.842. The fraction of sp³-hybridized carbons (Fsp3) is 0.762. The monoisotopic (exact) mass is 515 g/mol. The fourth-order valence-corrected chi connectivity index (χ4v) is 6.69. The van der Waals surface area contributed by atoms with E-state index in [1.54, 1.807) is 11.0 Å². The van der Waals surface area contributed by atoms with E-state index in [0.717, 1.165) is 13.1 Å². The van der Waals surface area contributed by atoms with Gasteiger partial charge in [0, 0.05) is 44.1 Å². The Morgan fingerprint density at radius 2 is 2.03 bits per heavy atom. The van der Waals surface area contributed by atoms with Crippen molar-refractivity contribution in [2.45, 2.75) is 29.0 Å². The molecular weight excluding hydrogens is 486 g/mol. The van der Waals surface area contributed by atoms with Crippen LogP contribution in [-0.2, 0) is 23.9 Å². The summed E-state index contributed by atoms with van der Waals surface area (Å²) < 4.78 is 11.6. The van der Waals surface area contributed by atoms with Crippen LogP contribution in [0.1, 0.15) is 6.42 Å². The van der Waals surface area contributed by atoms with Gasteiger partial charge in [0.2, 0.25) is 11.8 Å². The maximum Gasteiger partial charge on any atom is 0.310 e. The van der Waals surface area contributed by atoms with Gasteiger partial charge in [0.05, 0.1) is 37.8 Å². The highest BCUT2D eigenvalue weighted by Crippen LogP contribution is 2.60. The Labute approximate surface area is 195 Å². The van der Waals surface area contributed by atoms with Crippen molar-refractivity contribution in [1.29, 1.82) is 0 Å². The number of hydrogen-bond donors (Lipinski definition) is 2. The van der Waals surface area contributed by atoms with Crippen molar-refractivity contribution in [3.05, 3.63) is 12.7 Å². The molecule has 4 heterocycles. The lowest BCUT2D eigenvalue weighted by atomic mass is 9.70. The van der Waals surface area contributed by atoms with Crippen molar-refractivity contribution in [3.8, 4) is 0 Å². The molecule has 0 radical (unpaired) electrons. The highest BCUT2D eigenvalue weighted by molar-refractivity contribution is 9.09. The smallest absolute Gasteiger partial charge is 0.310 e. The summed E-state index contributed by atoms with van der Waals surface area (Å²) in [6.07, 6.45) is 1.33. The van der Waals surface area contributed by atoms with Crippen molar-refractivity contribution in [2.24, 2.45) is 11.8 Å². The van der Waals surface area contributed by atoms with Crippen LogP contribution in [0.15, 0.2) is 12.7 Å². The number of ether oxygens (including phenoxy) is 2. The number of carboxylic acids is 1. The van der Waals surface area contributed by atoms with Gasteiger partial charge < -0.3 is 29.5 Å². The summed E-state index contributed by atoms with van der Waals surface area (Å²) in [5.74, 6) is -3.80. The Bertz CT molecular complexity index is 776. The van der Waals surface area contributed by atoms with Gasteiger partial charge in [0.15, 0.2) is 0 Å². The number of fused-ring (bicyclic) bond motifs is 1. The molecule has 2 N–H and O–H groups in total. The first-order valence-corrected chi connectivity index (χ1v) is 11.9. The third-order valence-corrected chi connectivity index (χ3v) is 7.94. The number of morpholine rings is 1. The van der Waals surface area contributed by atoms with E-state index in [-0.39, 0.29) is 23.9 Å². The third-order valence-electron chi connectivity index (χ3n) is 7.10. The zero-order valence-corrected chi connectivity index (χ0v) is 19.5. The Morgan fingerprint density at radius 1 is 1.31 bits per heavy atom. The van der Waals surface area contributed by atoms with E-state index in [2.05, 4.69) is 27.4 Å². The molecule has 0 aromatic heterocycles. The Kier molecular flexibility index (Phi) is 6.92. The van der Waals surface area contributed by atoms with Crippen LogP contribution < -0.4 is 0 Å². The van der Waals surface area contributed by atoms with Crippen LogP contribution >= 0.6 is 15.9 Å². The molecule has 4 aliphatic rings. The van der Waals surface area contributed by atoms with Gasteiger partial charge in [0.1, 0.15) is 11.6 Å². The molecule has 1 spiro atoms. The summed E-state index contributed by atoms with van der Waals surface area (Å²) in [4.78, 5) is 44.1. The van der Waals surface area contributed by atoms with Gasteiger partial charge in [-0.1, -0.05) is 22.0 Å². The maximum absolute atomic E-state index is 13.9. The lowest BCUT2D eigenvalue weighted by Crippen LogP contribution is -2.57. The molecule has 0 aromatic rings. The number of carboxylic acid groups (broad SMARTS) is 1. The molecule has 4 rings (SSSR count). The molecule has 6 atom stereocenters. The first kappa shape index (κ1) is 23.6. The van der Waals surface area contributed by atoms with Crippen molar-refractivity contribution in [2.75, 3.05) is 59.1 Å². The number of nitrogens with zero attached hydrogens (tertiary/aromatic N) is 3. The molecule has 4 fully saturated rings. The molecule has 3 unspecified atom stereocenters. The highest BCUT2D eigenvalue weighted by Gasteiger charge is 2.76. The molecule has 11 heteroatoms. The first-order valence-electron chi connectivity index (χ1n) is 11.0. The minimum atomic E-state index is -1.22. The summed E-state index contributed by atoms with van der Waals surface area (Å²) in [5, 5.41) is 19.4. The average Bonchev–Trinajstić information content (AvgIpc) is 3.36. The highest BCUT2D eigenvalue weighted by atomic mass is 79.9. The standard InChI is InChI=1S/C21H30BrN3O7/c1-2-3-24(5-4-23-7-10-31-11-8-23)19(28)17-21-12-13(22)16(32-21)14(20(29)30)15(21)18(27)25(17)6-9-26/h2,13-17,26H,1,3-12H2,(H,29,30)/t13?,14-,15-,16-,17?,21?/m0/s1. The molecule has 0 aliphatic carbocycles. The SMILES string of the molecule is C=CCN(CCN1CCOCC1)C(=O)C1N(CCO)C(=O)[C@@H]2[C@H](C(=O)O)[C@H]3OC12CC3Br. The summed E-state index contributed by atoms with van der Waals surface area (Å²) in [5.41, 5.74) is -1.22. The number of aliphatic hydroxyl groups is 1. The van der Waals surface area contributed by atoms with Gasteiger partial charge in [-0.05, 0) is 6.42 Å². The number of rotatable bonds is 9. The predicted molar refractivity (Wildman–Crippen MR) is 116 cm³/mol. The van der Waals surface area contributed by atoms with Gasteiger partial charge >= 0.3 is 5.97 Å². The van der Waals surface area contributed by atoms with Crippen LogP contribution in [-0.4, -0.2) is 124 Å². The lowest BCUT2D eigenvalue weighted by Gasteiger charge is -2.37. The van der Waals surface area contributed by atoms with E-state index >= 15 is 0 Å². The number of likely N-dealkylation sites (tertiary alicyclic amines) is 1. The summed E-state index contributed by atoms with van der Waals surface area (Å²) in [6.45, 7) is 7.67. The van der Waals surface area contributed by atoms with Crippen LogP contribution in [0, 0.1) is 11.8 Å². The molecule has 2 bridgehead atoms. The third kappa shape index (κ3) is 3.77. The van der Waals surface area contributed by atoms with Crippen LogP contribution in [0.5, 0.6) is 0 Å². The molecular formula is C21H30BrN3O7. The molecule has 32 heavy (non-hydrogen) atoms. The van der Waals surface area contributed by atoms with Crippen molar-refractivity contribution < 1.29 is 34.1 Å². The molecule has 178 valence electrons. The van der Waals surface area contributed by atoms with E-state index in [0.29, 0.717) is 39.3 Å². The molecule has 10 nitrogen and oxygen atoms in total. The Balaban J connectivity index is 1.62. The number of carbonyl (C=O) groups is 3.